The second-order valence-corrected chi connectivity index (χ2v) is 7.61. The summed E-state index contributed by atoms with van der Waals surface area (Å²) in [5, 5.41) is 14.3. The SMILES string of the molecule is NCC(=O)NC(Cc1ccccc1)C(=O)N1CCCC1C(=O)NC(CCC(N)=O)C(=O)O. The maximum absolute atomic E-state index is 13.3. The van der Waals surface area contributed by atoms with Crippen molar-refractivity contribution in [2.45, 2.75) is 50.2 Å². The molecule has 2 rings (SSSR count). The second kappa shape index (κ2) is 11.8. The molecule has 1 aliphatic heterocycles. The Bertz CT molecular complexity index is 846. The number of carboxylic acid groups (broad SMARTS) is 1. The smallest absolute Gasteiger partial charge is 0.326 e. The molecule has 3 unspecified atom stereocenters. The quantitative estimate of drug-likeness (QED) is 0.273. The van der Waals surface area contributed by atoms with Crippen LogP contribution in [-0.4, -0.2) is 70.8 Å². The Morgan fingerprint density at radius 1 is 1.09 bits per heavy atom. The fourth-order valence-corrected chi connectivity index (χ4v) is 3.62. The van der Waals surface area contributed by atoms with Crippen LogP contribution in [0.1, 0.15) is 31.2 Å². The van der Waals surface area contributed by atoms with E-state index >= 15 is 0 Å². The second-order valence-electron chi connectivity index (χ2n) is 7.61. The first-order valence-corrected chi connectivity index (χ1v) is 10.4. The third-order valence-electron chi connectivity index (χ3n) is 5.23. The summed E-state index contributed by atoms with van der Waals surface area (Å²) < 4.78 is 0. The molecular weight excluding hydrogens is 418 g/mol. The summed E-state index contributed by atoms with van der Waals surface area (Å²) in [4.78, 5) is 61.7. The van der Waals surface area contributed by atoms with Crippen molar-refractivity contribution in [2.75, 3.05) is 13.1 Å². The maximum Gasteiger partial charge on any atom is 0.326 e. The number of hydrogen-bond acceptors (Lipinski definition) is 6. The molecule has 0 spiro atoms. The Morgan fingerprint density at radius 2 is 1.78 bits per heavy atom. The number of benzene rings is 1. The number of primary amides is 1. The normalized spacial score (nSPS) is 17.3. The van der Waals surface area contributed by atoms with Gasteiger partial charge in [-0.15, -0.1) is 0 Å². The van der Waals surface area contributed by atoms with Gasteiger partial charge < -0.3 is 32.1 Å². The highest BCUT2D eigenvalue weighted by Gasteiger charge is 2.38. The molecule has 0 radical (unpaired) electrons. The van der Waals surface area contributed by atoms with Crippen molar-refractivity contribution >= 4 is 29.6 Å². The standard InChI is InChI=1S/C21H29N5O6/c22-12-18(28)24-15(11-13-5-2-1-3-6-13)20(30)26-10-4-7-16(26)19(29)25-14(21(31)32)8-9-17(23)27/h1-3,5-6,14-16H,4,7-12,22H2,(H2,23,27)(H,24,28)(H,25,29)(H,31,32). The average molecular weight is 447 g/mol. The fraction of sp³-hybridized carbons (Fsp3) is 0.476. The van der Waals surface area contributed by atoms with Gasteiger partial charge in [0.2, 0.25) is 23.6 Å². The van der Waals surface area contributed by atoms with E-state index in [2.05, 4.69) is 10.6 Å². The first kappa shape index (κ1) is 24.8. The van der Waals surface area contributed by atoms with E-state index in [0.29, 0.717) is 19.4 Å². The van der Waals surface area contributed by atoms with E-state index in [9.17, 15) is 29.1 Å². The number of carboxylic acids is 1. The maximum atomic E-state index is 13.3. The third kappa shape index (κ3) is 7.05. The van der Waals surface area contributed by atoms with Gasteiger partial charge in [-0.1, -0.05) is 30.3 Å². The zero-order chi connectivity index (χ0) is 23.7. The van der Waals surface area contributed by atoms with E-state index in [4.69, 9.17) is 11.5 Å². The summed E-state index contributed by atoms with van der Waals surface area (Å²) in [6.45, 7) is 0.00235. The third-order valence-corrected chi connectivity index (χ3v) is 5.23. The summed E-state index contributed by atoms with van der Waals surface area (Å²) in [7, 11) is 0. The highest BCUT2D eigenvalue weighted by Crippen LogP contribution is 2.20. The number of nitrogens with zero attached hydrogens (tertiary/aromatic N) is 1. The van der Waals surface area contributed by atoms with E-state index in [1.54, 1.807) is 0 Å². The van der Waals surface area contributed by atoms with Gasteiger partial charge in [-0.2, -0.15) is 0 Å². The number of nitrogens with two attached hydrogens (primary N) is 2. The van der Waals surface area contributed by atoms with Crippen LogP contribution in [0.5, 0.6) is 0 Å². The minimum Gasteiger partial charge on any atom is -0.480 e. The van der Waals surface area contributed by atoms with Crippen molar-refractivity contribution in [2.24, 2.45) is 11.5 Å². The molecule has 1 aliphatic rings. The van der Waals surface area contributed by atoms with Crippen LogP contribution in [0.2, 0.25) is 0 Å². The highest BCUT2D eigenvalue weighted by molar-refractivity contribution is 5.94. The molecule has 1 saturated heterocycles. The molecule has 11 heteroatoms. The molecule has 11 nitrogen and oxygen atoms in total. The van der Waals surface area contributed by atoms with Gasteiger partial charge in [-0.3, -0.25) is 19.2 Å². The topological polar surface area (TPSA) is 185 Å². The zero-order valence-corrected chi connectivity index (χ0v) is 17.7. The summed E-state index contributed by atoms with van der Waals surface area (Å²) >= 11 is 0. The molecule has 0 bridgehead atoms. The van der Waals surface area contributed by atoms with Gasteiger partial charge in [-0.25, -0.2) is 4.79 Å². The number of likely N-dealkylation sites (tertiary alicyclic amines) is 1. The van der Waals surface area contributed by atoms with Crippen LogP contribution in [0, 0.1) is 0 Å². The van der Waals surface area contributed by atoms with Crippen LogP contribution >= 0.6 is 0 Å². The van der Waals surface area contributed by atoms with E-state index in [-0.39, 0.29) is 25.8 Å². The highest BCUT2D eigenvalue weighted by atomic mass is 16.4. The molecule has 0 aromatic heterocycles. The van der Waals surface area contributed by atoms with Gasteiger partial charge in [0.1, 0.15) is 18.1 Å². The van der Waals surface area contributed by atoms with Crippen LogP contribution in [0.4, 0.5) is 0 Å². The van der Waals surface area contributed by atoms with E-state index in [0.717, 1.165) is 5.56 Å². The molecule has 1 aromatic rings. The molecule has 3 atom stereocenters. The monoisotopic (exact) mass is 447 g/mol. The van der Waals surface area contributed by atoms with Gasteiger partial charge in [0.05, 0.1) is 6.54 Å². The minimum absolute atomic E-state index is 0.153. The molecule has 4 amide bonds. The molecule has 0 aliphatic carbocycles. The lowest BCUT2D eigenvalue weighted by Gasteiger charge is -2.29. The molecule has 0 saturated carbocycles. The molecule has 32 heavy (non-hydrogen) atoms. The predicted octanol–water partition coefficient (Wildman–Crippen LogP) is -1.50. The number of rotatable bonds is 11. The Kier molecular flexibility index (Phi) is 9.14. The largest absolute Gasteiger partial charge is 0.480 e. The van der Waals surface area contributed by atoms with Crippen molar-refractivity contribution in [3.8, 4) is 0 Å². The molecule has 1 fully saturated rings. The average Bonchev–Trinajstić information content (AvgIpc) is 3.25. The van der Waals surface area contributed by atoms with Crippen LogP contribution in [0.15, 0.2) is 30.3 Å². The van der Waals surface area contributed by atoms with Crippen LogP contribution in [0.3, 0.4) is 0 Å². The lowest BCUT2D eigenvalue weighted by molar-refractivity contribution is -0.145. The van der Waals surface area contributed by atoms with E-state index in [1.165, 1.54) is 4.90 Å². The molecule has 1 heterocycles. The molecule has 174 valence electrons. The first-order chi connectivity index (χ1) is 15.2. The molecular formula is C21H29N5O6. The van der Waals surface area contributed by atoms with Crippen LogP contribution in [-0.2, 0) is 30.4 Å². The number of hydrogen-bond donors (Lipinski definition) is 5. The summed E-state index contributed by atoms with van der Waals surface area (Å²) in [6, 6.07) is 5.98. The Labute approximate surface area is 185 Å². The van der Waals surface area contributed by atoms with Crippen molar-refractivity contribution in [3.05, 3.63) is 35.9 Å². The van der Waals surface area contributed by atoms with Gasteiger partial charge >= 0.3 is 5.97 Å². The van der Waals surface area contributed by atoms with Crippen molar-refractivity contribution in [1.82, 2.24) is 15.5 Å². The first-order valence-electron chi connectivity index (χ1n) is 10.4. The number of nitrogens with one attached hydrogen (secondary N) is 2. The molecule has 7 N–H and O–H groups in total. The lowest BCUT2D eigenvalue weighted by Crippen LogP contribution is -2.56. The minimum atomic E-state index is -1.30. The van der Waals surface area contributed by atoms with Gasteiger partial charge in [0.25, 0.3) is 0 Å². The summed E-state index contributed by atoms with van der Waals surface area (Å²) in [6.07, 6.45) is 0.760. The Morgan fingerprint density at radius 3 is 2.38 bits per heavy atom. The van der Waals surface area contributed by atoms with Crippen molar-refractivity contribution in [1.29, 1.82) is 0 Å². The number of carbonyl (C=O) groups is 5. The zero-order valence-electron chi connectivity index (χ0n) is 17.7. The van der Waals surface area contributed by atoms with Crippen LogP contribution in [0.25, 0.3) is 0 Å². The van der Waals surface area contributed by atoms with Crippen LogP contribution < -0.4 is 22.1 Å². The fourth-order valence-electron chi connectivity index (χ4n) is 3.62. The summed E-state index contributed by atoms with van der Waals surface area (Å²) in [5.41, 5.74) is 11.3. The van der Waals surface area contributed by atoms with Gasteiger partial charge in [-0.05, 0) is 24.8 Å². The number of carbonyl (C=O) groups excluding carboxylic acids is 4. The lowest BCUT2D eigenvalue weighted by atomic mass is 10.0. The van der Waals surface area contributed by atoms with E-state index < -0.39 is 47.7 Å². The van der Waals surface area contributed by atoms with Gasteiger partial charge in [0, 0.05) is 19.4 Å². The number of aliphatic carboxylic acids is 1. The van der Waals surface area contributed by atoms with Crippen molar-refractivity contribution in [3.63, 3.8) is 0 Å². The number of amides is 4. The predicted molar refractivity (Wildman–Crippen MR) is 114 cm³/mol. The van der Waals surface area contributed by atoms with E-state index in [1.807, 2.05) is 30.3 Å². The Balaban J connectivity index is 2.14. The van der Waals surface area contributed by atoms with Gasteiger partial charge in [0.15, 0.2) is 0 Å². The summed E-state index contributed by atoms with van der Waals surface area (Å²) in [5.74, 6) is -3.55. The Hall–Kier alpha value is -3.47. The van der Waals surface area contributed by atoms with Crippen molar-refractivity contribution < 1.29 is 29.1 Å². The molecule has 1 aromatic carbocycles.